The molecule has 0 spiro atoms. The minimum Gasteiger partial charge on any atom is -0.379 e. The summed E-state index contributed by atoms with van der Waals surface area (Å²) in [7, 11) is 0. The quantitative estimate of drug-likeness (QED) is 0.554. The van der Waals surface area contributed by atoms with Crippen molar-refractivity contribution in [2.75, 3.05) is 5.73 Å². The first-order chi connectivity index (χ1) is 10.1. The van der Waals surface area contributed by atoms with E-state index in [0.29, 0.717) is 0 Å². The van der Waals surface area contributed by atoms with Crippen LogP contribution in [0.4, 0.5) is 5.82 Å². The zero-order chi connectivity index (χ0) is 15.0. The molecule has 9 heteroatoms. The number of rotatable bonds is 2. The number of nitrogens with two attached hydrogens (primary N) is 1. The summed E-state index contributed by atoms with van der Waals surface area (Å²) in [6, 6.07) is 6.29. The van der Waals surface area contributed by atoms with Crippen molar-refractivity contribution in [2.24, 2.45) is 5.10 Å². The maximum absolute atomic E-state index is 12.0. The van der Waals surface area contributed by atoms with E-state index in [-0.39, 0.29) is 27.6 Å². The Morgan fingerprint density at radius 1 is 1.14 bits per heavy atom. The first kappa shape index (κ1) is 12.7. The Morgan fingerprint density at radius 3 is 2.29 bits per heavy atom. The van der Waals surface area contributed by atoms with E-state index < -0.39 is 16.8 Å². The number of fused-ring (bicyclic) bond motifs is 1. The Hall–Kier alpha value is -3.36. The number of hydrogen-bond donors (Lipinski definition) is 2. The van der Waals surface area contributed by atoms with E-state index in [4.69, 9.17) is 5.73 Å². The molecule has 3 aromatic rings. The number of hydrogen-bond acceptors (Lipinski definition) is 8. The number of carbonyl (C=O) groups is 1. The highest BCUT2D eigenvalue weighted by atomic mass is 16.6. The number of benzene rings is 1. The molecule has 3 N–H and O–H groups in total. The van der Waals surface area contributed by atoms with Gasteiger partial charge < -0.3 is 5.73 Å². The number of nitrogens with one attached hydrogen (secondary N) is 1. The van der Waals surface area contributed by atoms with E-state index in [0.717, 1.165) is 0 Å². The van der Waals surface area contributed by atoms with Crippen molar-refractivity contribution in [1.29, 1.82) is 0 Å². The lowest BCUT2D eigenvalue weighted by Gasteiger charge is -1.92. The van der Waals surface area contributed by atoms with Crippen LogP contribution in [0.5, 0.6) is 0 Å². The lowest BCUT2D eigenvalue weighted by Crippen LogP contribution is -2.35. The molecule has 3 rings (SSSR count). The van der Waals surface area contributed by atoms with Gasteiger partial charge in [-0.05, 0) is 10.3 Å². The van der Waals surface area contributed by atoms with Gasteiger partial charge in [0.2, 0.25) is 22.4 Å². The summed E-state index contributed by atoms with van der Waals surface area (Å²) in [5.41, 5.74) is 5.98. The average molecular weight is 285 g/mol. The third-order valence-electron chi connectivity index (χ3n) is 2.84. The smallest absolute Gasteiger partial charge is 0.297 e. The number of amides is 1. The molecule has 1 aromatic heterocycles. The molecule has 1 heterocycles. The van der Waals surface area contributed by atoms with E-state index in [1.165, 1.54) is 12.1 Å². The second kappa shape index (κ2) is 4.63. The van der Waals surface area contributed by atoms with Crippen LogP contribution >= 0.6 is 0 Å². The summed E-state index contributed by atoms with van der Waals surface area (Å²) in [5, 5.41) is 10.2. The summed E-state index contributed by atoms with van der Waals surface area (Å²) in [4.78, 5) is 35.7. The van der Waals surface area contributed by atoms with Crippen LogP contribution in [0.2, 0.25) is 0 Å². The number of aromatic nitrogens is 2. The fraction of sp³-hybridized carbons (Fsp3) is 0. The van der Waals surface area contributed by atoms with Gasteiger partial charge in [-0.3, -0.25) is 14.4 Å². The van der Waals surface area contributed by atoms with E-state index in [1.54, 1.807) is 12.1 Å². The van der Waals surface area contributed by atoms with Crippen molar-refractivity contribution in [3.63, 3.8) is 0 Å². The minimum atomic E-state index is -0.835. The van der Waals surface area contributed by atoms with Crippen LogP contribution in [0.15, 0.2) is 43.6 Å². The van der Waals surface area contributed by atoms with Crippen LogP contribution in [0, 0.1) is 0 Å². The Labute approximate surface area is 115 Å². The van der Waals surface area contributed by atoms with Gasteiger partial charge in [-0.25, -0.2) is 10.1 Å². The van der Waals surface area contributed by atoms with Gasteiger partial charge in [0.05, 0.1) is 0 Å². The lowest BCUT2D eigenvalue weighted by molar-refractivity contribution is 0.0944. The maximum atomic E-state index is 12.0. The van der Waals surface area contributed by atoms with E-state index in [1.807, 2.05) is 5.43 Å². The van der Waals surface area contributed by atoms with Gasteiger partial charge in [-0.2, -0.15) is 5.10 Å². The standard InChI is InChI=1S/C12H7N5O4/c13-11-8(16-21-17-11)12(20)15-14-7-9(18)5-3-1-2-4-6(5)10(7)19/h1-4H,(H2,13,17)(H,15,20). The molecule has 0 aliphatic heterocycles. The minimum absolute atomic E-state index is 0.222. The Morgan fingerprint density at radius 2 is 1.76 bits per heavy atom. The molecule has 104 valence electrons. The van der Waals surface area contributed by atoms with E-state index in [9.17, 15) is 14.4 Å². The van der Waals surface area contributed by atoms with Crippen molar-refractivity contribution >= 4 is 22.5 Å². The molecule has 9 nitrogen and oxygen atoms in total. The van der Waals surface area contributed by atoms with Gasteiger partial charge in [-0.1, -0.05) is 24.3 Å². The van der Waals surface area contributed by atoms with Crippen molar-refractivity contribution < 1.29 is 9.42 Å². The van der Waals surface area contributed by atoms with Gasteiger partial charge in [0.1, 0.15) is 0 Å². The lowest BCUT2D eigenvalue weighted by atomic mass is 10.2. The van der Waals surface area contributed by atoms with Crippen molar-refractivity contribution in [3.05, 3.63) is 55.8 Å². The maximum Gasteiger partial charge on any atom is 0.297 e. The molecule has 0 aliphatic rings. The molecule has 2 aromatic carbocycles. The highest BCUT2D eigenvalue weighted by molar-refractivity contribution is 5.95. The first-order valence-corrected chi connectivity index (χ1v) is 5.74. The summed E-state index contributed by atoms with van der Waals surface area (Å²) in [6.45, 7) is 0. The van der Waals surface area contributed by atoms with Crippen molar-refractivity contribution in [3.8, 4) is 0 Å². The second-order valence-electron chi connectivity index (χ2n) is 4.10. The number of carbonyl (C=O) groups excluding carboxylic acids is 1. The Bertz CT molecular complexity index is 947. The Kier molecular flexibility index (Phi) is 2.79. The molecule has 0 fully saturated rings. The van der Waals surface area contributed by atoms with Gasteiger partial charge in [0.25, 0.3) is 5.91 Å². The molecular weight excluding hydrogens is 278 g/mol. The Balaban J connectivity index is 2.06. The van der Waals surface area contributed by atoms with Crippen LogP contribution in [0.3, 0.4) is 0 Å². The fourth-order valence-electron chi connectivity index (χ4n) is 1.85. The van der Waals surface area contributed by atoms with Crippen molar-refractivity contribution in [1.82, 2.24) is 15.7 Å². The molecule has 0 bridgehead atoms. The SMILES string of the molecule is Nc1nonc1C(=O)NN=c1c(=O)c2ccccc2c1=O. The first-order valence-electron chi connectivity index (χ1n) is 5.74. The predicted molar refractivity (Wildman–Crippen MR) is 70.6 cm³/mol. The number of nitrogen functional groups attached to an aromatic ring is 1. The average Bonchev–Trinajstić information content (AvgIpc) is 3.01. The van der Waals surface area contributed by atoms with Crippen molar-refractivity contribution in [2.45, 2.75) is 0 Å². The summed E-state index contributed by atoms with van der Waals surface area (Å²) in [5.74, 6) is -1.06. The highest BCUT2D eigenvalue weighted by Gasteiger charge is 2.16. The molecular formula is C12H7N5O4. The molecule has 0 saturated heterocycles. The van der Waals surface area contributed by atoms with Gasteiger partial charge in [-0.15, -0.1) is 0 Å². The normalized spacial score (nSPS) is 10.7. The molecule has 21 heavy (non-hydrogen) atoms. The van der Waals surface area contributed by atoms with Gasteiger partial charge >= 0.3 is 0 Å². The monoisotopic (exact) mass is 285 g/mol. The van der Waals surface area contributed by atoms with Gasteiger partial charge in [0.15, 0.2) is 5.36 Å². The fourth-order valence-corrected chi connectivity index (χ4v) is 1.85. The molecule has 1 amide bonds. The van der Waals surface area contributed by atoms with Crippen LogP contribution < -0.4 is 27.4 Å². The third kappa shape index (κ3) is 1.96. The van der Waals surface area contributed by atoms with Crippen LogP contribution in [-0.4, -0.2) is 16.2 Å². The summed E-state index contributed by atoms with van der Waals surface area (Å²) in [6.07, 6.45) is 0. The molecule has 0 radical (unpaired) electrons. The van der Waals surface area contributed by atoms with Crippen LogP contribution in [0.25, 0.3) is 10.8 Å². The second-order valence-corrected chi connectivity index (χ2v) is 4.10. The van der Waals surface area contributed by atoms with E-state index >= 15 is 0 Å². The molecule has 0 aliphatic carbocycles. The van der Waals surface area contributed by atoms with Crippen LogP contribution in [0.1, 0.15) is 10.5 Å². The number of anilines is 1. The topological polar surface area (TPSA) is 141 Å². The summed E-state index contributed by atoms with van der Waals surface area (Å²) < 4.78 is 4.26. The zero-order valence-electron chi connectivity index (χ0n) is 10.4. The zero-order valence-corrected chi connectivity index (χ0v) is 10.4. The predicted octanol–water partition coefficient (Wildman–Crippen LogP) is -1.35. The molecule has 0 unspecified atom stereocenters. The summed E-state index contributed by atoms with van der Waals surface area (Å²) >= 11 is 0. The largest absolute Gasteiger partial charge is 0.379 e. The highest BCUT2D eigenvalue weighted by Crippen LogP contribution is 2.03. The third-order valence-corrected chi connectivity index (χ3v) is 2.84. The molecule has 0 saturated carbocycles. The number of nitrogens with zero attached hydrogens (tertiary/aromatic N) is 3. The van der Waals surface area contributed by atoms with Crippen LogP contribution in [-0.2, 0) is 0 Å². The molecule has 0 atom stereocenters. The van der Waals surface area contributed by atoms with E-state index in [2.05, 4.69) is 20.0 Å². The van der Waals surface area contributed by atoms with Gasteiger partial charge in [0, 0.05) is 10.8 Å².